The van der Waals surface area contributed by atoms with E-state index in [2.05, 4.69) is 35.7 Å². The summed E-state index contributed by atoms with van der Waals surface area (Å²) in [6, 6.07) is 13.7. The van der Waals surface area contributed by atoms with E-state index in [1.165, 1.54) is 6.20 Å². The van der Waals surface area contributed by atoms with Crippen LogP contribution in [0.5, 0.6) is 5.75 Å². The number of phenolic OH excluding ortho intramolecular Hbond substituents is 1. The smallest absolute Gasteiger partial charge is 0.229 e. The van der Waals surface area contributed by atoms with Crippen LogP contribution in [-0.4, -0.2) is 78.6 Å². The number of aromatic hydroxyl groups is 1. The van der Waals surface area contributed by atoms with Crippen molar-refractivity contribution < 1.29 is 9.67 Å². The van der Waals surface area contributed by atoms with Crippen LogP contribution in [0.25, 0.3) is 0 Å². The van der Waals surface area contributed by atoms with Crippen molar-refractivity contribution in [3.05, 3.63) is 53.7 Å². The summed E-state index contributed by atoms with van der Waals surface area (Å²) < 4.78 is 12.7. The number of hydrogen-bond acceptors (Lipinski definition) is 9. The Bertz CT molecular complexity index is 1320. The van der Waals surface area contributed by atoms with E-state index in [9.17, 15) is 9.67 Å². The molecule has 202 valence electrons. The Balaban J connectivity index is 1.26. The first kappa shape index (κ1) is 26.8. The first-order valence-corrected chi connectivity index (χ1v) is 16.0. The van der Waals surface area contributed by atoms with E-state index < -0.39 is 7.14 Å². The summed E-state index contributed by atoms with van der Waals surface area (Å²) in [7, 11) is -2.52. The quantitative estimate of drug-likeness (QED) is 0.249. The Morgan fingerprint density at radius 1 is 1.03 bits per heavy atom. The van der Waals surface area contributed by atoms with Crippen molar-refractivity contribution in [1.82, 2.24) is 20.2 Å². The summed E-state index contributed by atoms with van der Waals surface area (Å²) in [5.74, 6) is 0.794. The zero-order chi connectivity index (χ0) is 26.7. The third kappa shape index (κ3) is 6.24. The molecular formula is C27H35ClN7O2P. The molecule has 1 aromatic heterocycles. The summed E-state index contributed by atoms with van der Waals surface area (Å²) in [5.41, 5.74) is 2.19. The fraction of sp³-hybridized carbons (Fsp3) is 0.407. The summed E-state index contributed by atoms with van der Waals surface area (Å²) in [6.07, 6.45) is 3.75. The van der Waals surface area contributed by atoms with Gasteiger partial charge in [0.2, 0.25) is 5.95 Å². The van der Waals surface area contributed by atoms with Gasteiger partial charge in [0, 0.05) is 62.4 Å². The van der Waals surface area contributed by atoms with Gasteiger partial charge in [0.05, 0.1) is 17.6 Å². The van der Waals surface area contributed by atoms with Gasteiger partial charge in [-0.15, -0.1) is 0 Å². The van der Waals surface area contributed by atoms with Crippen LogP contribution in [0, 0.1) is 0 Å². The van der Waals surface area contributed by atoms with Crippen LogP contribution in [0.4, 0.5) is 28.8 Å². The van der Waals surface area contributed by atoms with Gasteiger partial charge >= 0.3 is 0 Å². The van der Waals surface area contributed by atoms with Crippen molar-refractivity contribution in [2.75, 3.05) is 68.1 Å². The van der Waals surface area contributed by atoms with Gasteiger partial charge in [-0.05, 0) is 50.4 Å². The van der Waals surface area contributed by atoms with Gasteiger partial charge in [-0.2, -0.15) is 4.98 Å². The lowest BCUT2D eigenvalue weighted by Crippen LogP contribution is -2.52. The highest BCUT2D eigenvalue weighted by atomic mass is 35.5. The maximum Gasteiger partial charge on any atom is 0.229 e. The molecule has 0 amide bonds. The maximum absolute atomic E-state index is 12.7. The molecule has 2 saturated heterocycles. The number of nitrogens with zero attached hydrogens (tertiary/aromatic N) is 4. The van der Waals surface area contributed by atoms with Crippen LogP contribution in [0.1, 0.15) is 12.8 Å². The molecule has 2 aromatic carbocycles. The molecule has 2 aliphatic rings. The molecule has 4 N–H and O–H groups in total. The Morgan fingerprint density at radius 3 is 2.47 bits per heavy atom. The number of halogens is 1. The summed E-state index contributed by atoms with van der Waals surface area (Å²) in [6.45, 7) is 9.79. The number of anilines is 5. The Hall–Kier alpha value is -2.84. The molecule has 9 nitrogen and oxygen atoms in total. The average Bonchev–Trinajstić information content (AvgIpc) is 2.92. The van der Waals surface area contributed by atoms with Gasteiger partial charge in [-0.3, -0.25) is 4.90 Å². The number of aromatic nitrogens is 2. The Kier molecular flexibility index (Phi) is 8.09. The minimum Gasteiger partial charge on any atom is -0.506 e. The van der Waals surface area contributed by atoms with E-state index in [0.29, 0.717) is 28.3 Å². The number of phenols is 1. The molecule has 0 atom stereocenters. The van der Waals surface area contributed by atoms with E-state index in [0.717, 1.165) is 63.1 Å². The lowest BCUT2D eigenvalue weighted by Gasteiger charge is -2.41. The fourth-order valence-electron chi connectivity index (χ4n) is 5.17. The van der Waals surface area contributed by atoms with Crippen LogP contribution < -0.4 is 26.2 Å². The molecule has 38 heavy (non-hydrogen) atoms. The molecule has 3 aromatic rings. The van der Waals surface area contributed by atoms with Crippen molar-refractivity contribution in [3.8, 4) is 5.75 Å². The highest BCUT2D eigenvalue weighted by molar-refractivity contribution is 7.70. The first-order chi connectivity index (χ1) is 18.3. The van der Waals surface area contributed by atoms with Crippen molar-refractivity contribution in [2.24, 2.45) is 0 Å². The number of nitrogens with one attached hydrogen (secondary N) is 3. The van der Waals surface area contributed by atoms with Crippen LogP contribution in [0.15, 0.2) is 48.7 Å². The molecule has 0 spiro atoms. The number of hydrogen-bond donors (Lipinski definition) is 4. The predicted octanol–water partition coefficient (Wildman–Crippen LogP) is 4.44. The highest BCUT2D eigenvalue weighted by Gasteiger charge is 2.26. The SMILES string of the molecule is CP(C)(=O)c1ccccc1Nc1nc(Nc2ccc(N3CCC(N4CCNCC4)CC3)cc2O)ncc1Cl. The normalized spacial score (nSPS) is 17.4. The fourth-order valence-corrected chi connectivity index (χ4v) is 6.46. The predicted molar refractivity (Wildman–Crippen MR) is 157 cm³/mol. The molecular weight excluding hydrogens is 521 g/mol. The summed E-state index contributed by atoms with van der Waals surface area (Å²) in [4.78, 5) is 13.7. The van der Waals surface area contributed by atoms with Crippen LogP contribution >= 0.6 is 18.7 Å². The van der Waals surface area contributed by atoms with Crippen LogP contribution in [0.2, 0.25) is 5.02 Å². The van der Waals surface area contributed by atoms with Gasteiger partial charge in [0.15, 0.2) is 5.82 Å². The van der Waals surface area contributed by atoms with E-state index in [-0.39, 0.29) is 11.7 Å². The van der Waals surface area contributed by atoms with Gasteiger partial charge in [-0.25, -0.2) is 4.98 Å². The average molecular weight is 556 g/mol. The number of rotatable bonds is 7. The summed E-state index contributed by atoms with van der Waals surface area (Å²) >= 11 is 6.37. The van der Waals surface area contributed by atoms with E-state index in [4.69, 9.17) is 11.6 Å². The number of piperazine rings is 1. The van der Waals surface area contributed by atoms with Crippen molar-refractivity contribution in [3.63, 3.8) is 0 Å². The Labute approximate surface area is 229 Å². The molecule has 11 heteroatoms. The molecule has 2 aliphatic heterocycles. The molecule has 0 unspecified atom stereocenters. The third-order valence-electron chi connectivity index (χ3n) is 7.21. The van der Waals surface area contributed by atoms with Crippen molar-refractivity contribution in [2.45, 2.75) is 18.9 Å². The van der Waals surface area contributed by atoms with Gasteiger partial charge in [0.25, 0.3) is 0 Å². The van der Waals surface area contributed by atoms with E-state index >= 15 is 0 Å². The van der Waals surface area contributed by atoms with Crippen LogP contribution in [0.3, 0.4) is 0 Å². The molecule has 0 radical (unpaired) electrons. The highest BCUT2D eigenvalue weighted by Crippen LogP contribution is 2.39. The number of benzene rings is 2. The Morgan fingerprint density at radius 2 is 1.76 bits per heavy atom. The van der Waals surface area contributed by atoms with Crippen molar-refractivity contribution >= 4 is 52.9 Å². The molecule has 0 bridgehead atoms. The number of para-hydroxylation sites is 1. The number of piperidine rings is 1. The monoisotopic (exact) mass is 555 g/mol. The second kappa shape index (κ2) is 11.5. The molecule has 2 fully saturated rings. The standard InChI is InChI=1S/C27H35ClN7O2P/c1-38(2,37)25-6-4-3-5-23(25)31-26-21(28)18-30-27(33-26)32-22-8-7-20(17-24(22)36)34-13-9-19(10-14-34)35-15-11-29-12-16-35/h3-8,17-19,29,36H,9-16H2,1-2H3,(H2,30,31,32,33). The van der Waals surface area contributed by atoms with Gasteiger partial charge < -0.3 is 30.5 Å². The maximum atomic E-state index is 12.7. The van der Waals surface area contributed by atoms with Gasteiger partial charge in [0.1, 0.15) is 17.9 Å². The lowest BCUT2D eigenvalue weighted by molar-refractivity contribution is 0.150. The zero-order valence-electron chi connectivity index (χ0n) is 21.8. The summed E-state index contributed by atoms with van der Waals surface area (Å²) in [5, 5.41) is 21.6. The minimum absolute atomic E-state index is 0.128. The molecule has 0 saturated carbocycles. The van der Waals surface area contributed by atoms with E-state index in [1.54, 1.807) is 19.4 Å². The minimum atomic E-state index is -2.52. The third-order valence-corrected chi connectivity index (χ3v) is 9.03. The second-order valence-electron chi connectivity index (χ2n) is 10.2. The molecule has 5 rings (SSSR count). The largest absolute Gasteiger partial charge is 0.506 e. The molecule has 0 aliphatic carbocycles. The second-order valence-corrected chi connectivity index (χ2v) is 13.8. The van der Waals surface area contributed by atoms with Crippen LogP contribution in [-0.2, 0) is 4.57 Å². The zero-order valence-corrected chi connectivity index (χ0v) is 23.5. The molecule has 3 heterocycles. The lowest BCUT2D eigenvalue weighted by atomic mass is 10.0. The topological polar surface area (TPSA) is 106 Å². The van der Waals surface area contributed by atoms with Crippen molar-refractivity contribution in [1.29, 1.82) is 0 Å². The first-order valence-electron chi connectivity index (χ1n) is 13.0. The van der Waals surface area contributed by atoms with E-state index in [1.807, 2.05) is 36.4 Å². The van der Waals surface area contributed by atoms with Gasteiger partial charge in [-0.1, -0.05) is 23.7 Å².